The summed E-state index contributed by atoms with van der Waals surface area (Å²) in [5.74, 6) is 1.65. The number of benzene rings is 9. The molecule has 6 heteroatoms. The number of rotatable bonds is 6. The quantitative estimate of drug-likeness (QED) is 0.167. The standard InChI is InChI=1S/C57H34N4O2/c1-4-15-35(16-5-1)38-28-30-50-47(31-38)41-21-10-12-25-49(41)61(50)40-33-46(36-17-6-2-7-18-36)54-48(34-40)43-29-27-39(32-52(43)63-54)56-58-55(37-19-8-3-9-20-37)59-57(60-56)45-24-14-23-44-42-22-11-13-26-51(42)62-53(44)45/h1-34H. The largest absolute Gasteiger partial charge is 0.455 e. The minimum Gasteiger partial charge on any atom is -0.455 e. The average molecular weight is 807 g/mol. The van der Waals surface area contributed by atoms with Crippen LogP contribution in [0.5, 0.6) is 0 Å². The SMILES string of the molecule is c1ccc(-c2ccc3c(c2)c2ccccc2n3-c2cc(-c3ccccc3)c3oc4cc(-c5nc(-c6ccccc6)nc(-c6cccc7c6oc6ccccc67)n5)ccc4c3c2)cc1. The summed E-state index contributed by atoms with van der Waals surface area (Å²) in [6.45, 7) is 0. The molecule has 6 nitrogen and oxygen atoms in total. The minimum atomic E-state index is 0.534. The first-order valence-corrected chi connectivity index (χ1v) is 21.1. The lowest BCUT2D eigenvalue weighted by atomic mass is 10.0. The first-order valence-electron chi connectivity index (χ1n) is 21.1. The molecule has 0 N–H and O–H groups in total. The van der Waals surface area contributed by atoms with Crippen LogP contribution in [-0.4, -0.2) is 19.5 Å². The summed E-state index contributed by atoms with van der Waals surface area (Å²) in [4.78, 5) is 15.3. The molecule has 0 unspecified atom stereocenters. The van der Waals surface area contributed by atoms with Gasteiger partial charge in [0.25, 0.3) is 0 Å². The van der Waals surface area contributed by atoms with Crippen LogP contribution in [0.2, 0.25) is 0 Å². The first-order chi connectivity index (χ1) is 31.2. The molecule has 294 valence electrons. The highest BCUT2D eigenvalue weighted by Crippen LogP contribution is 2.42. The smallest absolute Gasteiger partial charge is 0.167 e. The van der Waals surface area contributed by atoms with Gasteiger partial charge >= 0.3 is 0 Å². The maximum Gasteiger partial charge on any atom is 0.167 e. The molecule has 63 heavy (non-hydrogen) atoms. The molecule has 0 spiro atoms. The van der Waals surface area contributed by atoms with E-state index in [0.717, 1.165) is 88.4 Å². The summed E-state index contributed by atoms with van der Waals surface area (Å²) in [6, 6.07) is 71.7. The zero-order chi connectivity index (χ0) is 41.4. The van der Waals surface area contributed by atoms with E-state index in [1.165, 1.54) is 21.9 Å². The van der Waals surface area contributed by atoms with Crippen LogP contribution in [0.1, 0.15) is 0 Å². The Morgan fingerprint density at radius 1 is 0.302 bits per heavy atom. The van der Waals surface area contributed by atoms with Gasteiger partial charge < -0.3 is 13.4 Å². The monoisotopic (exact) mass is 806 g/mol. The lowest BCUT2D eigenvalue weighted by Gasteiger charge is -2.12. The van der Waals surface area contributed by atoms with Crippen LogP contribution < -0.4 is 0 Å². The number of para-hydroxylation sites is 3. The van der Waals surface area contributed by atoms with E-state index in [1.807, 2.05) is 66.7 Å². The number of nitrogens with zero attached hydrogens (tertiary/aromatic N) is 4. The fourth-order valence-corrected chi connectivity index (χ4v) is 9.29. The van der Waals surface area contributed by atoms with Gasteiger partial charge in [-0.15, -0.1) is 0 Å². The van der Waals surface area contributed by atoms with E-state index >= 15 is 0 Å². The molecular formula is C57H34N4O2. The Bertz CT molecular complexity index is 3900. The van der Waals surface area contributed by atoms with Gasteiger partial charge in [0.1, 0.15) is 22.3 Å². The van der Waals surface area contributed by atoms with Crippen LogP contribution in [0.3, 0.4) is 0 Å². The van der Waals surface area contributed by atoms with Crippen LogP contribution in [0, 0.1) is 0 Å². The van der Waals surface area contributed by atoms with Crippen molar-refractivity contribution in [3.05, 3.63) is 206 Å². The van der Waals surface area contributed by atoms with Crippen LogP contribution >= 0.6 is 0 Å². The molecule has 0 aliphatic heterocycles. The fourth-order valence-electron chi connectivity index (χ4n) is 9.29. The molecule has 0 amide bonds. The van der Waals surface area contributed by atoms with Crippen LogP contribution in [-0.2, 0) is 0 Å². The number of hydrogen-bond acceptors (Lipinski definition) is 5. The molecule has 0 atom stereocenters. The molecule has 0 fully saturated rings. The van der Waals surface area contributed by atoms with Crippen molar-refractivity contribution in [3.8, 4) is 62.1 Å². The second-order valence-corrected chi connectivity index (χ2v) is 16.0. The van der Waals surface area contributed by atoms with Gasteiger partial charge in [0, 0.05) is 54.7 Å². The molecule has 13 rings (SSSR count). The van der Waals surface area contributed by atoms with Gasteiger partial charge in [-0.25, -0.2) is 15.0 Å². The third-order valence-corrected chi connectivity index (χ3v) is 12.3. The zero-order valence-corrected chi connectivity index (χ0v) is 33.7. The zero-order valence-electron chi connectivity index (χ0n) is 33.7. The molecule has 0 radical (unpaired) electrons. The summed E-state index contributed by atoms with van der Waals surface area (Å²) in [7, 11) is 0. The maximum atomic E-state index is 6.94. The lowest BCUT2D eigenvalue weighted by Crippen LogP contribution is -2.00. The minimum absolute atomic E-state index is 0.534. The van der Waals surface area contributed by atoms with Crippen molar-refractivity contribution in [2.75, 3.05) is 0 Å². The third-order valence-electron chi connectivity index (χ3n) is 12.3. The van der Waals surface area contributed by atoms with Crippen LogP contribution in [0.4, 0.5) is 0 Å². The number of hydrogen-bond donors (Lipinski definition) is 0. The Kier molecular flexibility index (Phi) is 7.80. The van der Waals surface area contributed by atoms with E-state index in [9.17, 15) is 0 Å². The van der Waals surface area contributed by atoms with Crippen LogP contribution in [0.15, 0.2) is 215 Å². The highest BCUT2D eigenvalue weighted by molar-refractivity contribution is 6.14. The van der Waals surface area contributed by atoms with E-state index in [2.05, 4.69) is 144 Å². The van der Waals surface area contributed by atoms with Crippen molar-refractivity contribution < 1.29 is 8.83 Å². The molecule has 0 aliphatic carbocycles. The van der Waals surface area contributed by atoms with Gasteiger partial charge in [-0.1, -0.05) is 152 Å². The first kappa shape index (κ1) is 35.2. The Morgan fingerprint density at radius 3 is 1.70 bits per heavy atom. The lowest BCUT2D eigenvalue weighted by molar-refractivity contribution is 0.669. The summed E-state index contributed by atoms with van der Waals surface area (Å²) < 4.78 is 15.8. The van der Waals surface area contributed by atoms with Gasteiger partial charge in [0.2, 0.25) is 0 Å². The van der Waals surface area contributed by atoms with Gasteiger partial charge in [-0.2, -0.15) is 0 Å². The van der Waals surface area contributed by atoms with E-state index < -0.39 is 0 Å². The number of fused-ring (bicyclic) bond motifs is 9. The summed E-state index contributed by atoms with van der Waals surface area (Å²) in [5.41, 5.74) is 13.5. The van der Waals surface area contributed by atoms with E-state index in [0.29, 0.717) is 17.5 Å². The molecule has 9 aromatic carbocycles. The second-order valence-electron chi connectivity index (χ2n) is 16.0. The Labute approximate surface area is 361 Å². The van der Waals surface area contributed by atoms with Crippen molar-refractivity contribution in [2.45, 2.75) is 0 Å². The molecule has 0 saturated heterocycles. The molecule has 13 aromatic rings. The van der Waals surface area contributed by atoms with E-state index in [4.69, 9.17) is 23.8 Å². The van der Waals surface area contributed by atoms with E-state index in [-0.39, 0.29) is 0 Å². The van der Waals surface area contributed by atoms with Crippen molar-refractivity contribution in [1.29, 1.82) is 0 Å². The van der Waals surface area contributed by atoms with Crippen molar-refractivity contribution in [1.82, 2.24) is 19.5 Å². The molecule has 4 aromatic heterocycles. The molecule has 4 heterocycles. The summed E-state index contributed by atoms with van der Waals surface area (Å²) in [6.07, 6.45) is 0. The van der Waals surface area contributed by atoms with Crippen LogP contribution in [0.25, 0.3) is 128 Å². The normalized spacial score (nSPS) is 11.8. The Morgan fingerprint density at radius 2 is 0.889 bits per heavy atom. The number of furan rings is 2. The van der Waals surface area contributed by atoms with Crippen molar-refractivity contribution in [3.63, 3.8) is 0 Å². The van der Waals surface area contributed by atoms with Gasteiger partial charge in [0.05, 0.1) is 16.6 Å². The second kappa shape index (κ2) is 14.0. The van der Waals surface area contributed by atoms with Gasteiger partial charge in [-0.05, 0) is 71.3 Å². The number of aromatic nitrogens is 4. The highest BCUT2D eigenvalue weighted by Gasteiger charge is 2.21. The average Bonchev–Trinajstić information content (AvgIpc) is 4.03. The maximum absolute atomic E-state index is 6.94. The highest BCUT2D eigenvalue weighted by atomic mass is 16.3. The predicted octanol–water partition coefficient (Wildman–Crippen LogP) is 15.1. The fraction of sp³-hybridized carbons (Fsp3) is 0. The predicted molar refractivity (Wildman–Crippen MR) is 256 cm³/mol. The third kappa shape index (κ3) is 5.69. The van der Waals surface area contributed by atoms with E-state index in [1.54, 1.807) is 0 Å². The molecule has 0 aliphatic rings. The Balaban J connectivity index is 1.01. The molecule has 0 saturated carbocycles. The molecule has 0 bridgehead atoms. The van der Waals surface area contributed by atoms with Crippen molar-refractivity contribution >= 4 is 65.7 Å². The molecular weight excluding hydrogens is 773 g/mol. The summed E-state index contributed by atoms with van der Waals surface area (Å²) in [5, 5.41) is 6.51. The van der Waals surface area contributed by atoms with Crippen molar-refractivity contribution in [2.24, 2.45) is 0 Å². The van der Waals surface area contributed by atoms with Gasteiger partial charge in [0.15, 0.2) is 17.5 Å². The topological polar surface area (TPSA) is 69.9 Å². The van der Waals surface area contributed by atoms with Gasteiger partial charge in [-0.3, -0.25) is 0 Å². The summed E-state index contributed by atoms with van der Waals surface area (Å²) >= 11 is 0. The Hall–Kier alpha value is -8.61.